The second kappa shape index (κ2) is 5.13. The summed E-state index contributed by atoms with van der Waals surface area (Å²) in [5.74, 6) is 0.906. The van der Waals surface area contributed by atoms with Gasteiger partial charge >= 0.3 is 0 Å². The molecule has 18 heavy (non-hydrogen) atoms. The number of allylic oxidation sites excluding steroid dienone is 3. The number of hydrogen-bond acceptors (Lipinski definition) is 2. The van der Waals surface area contributed by atoms with E-state index in [2.05, 4.69) is 36.3 Å². The van der Waals surface area contributed by atoms with Crippen molar-refractivity contribution in [2.24, 2.45) is 0 Å². The van der Waals surface area contributed by atoms with Crippen molar-refractivity contribution in [2.75, 3.05) is 20.2 Å². The molecule has 1 aromatic rings. The molecule has 1 heterocycles. The summed E-state index contributed by atoms with van der Waals surface area (Å²) in [5, 5.41) is 0. The molecule has 2 nitrogen and oxygen atoms in total. The van der Waals surface area contributed by atoms with Crippen LogP contribution < -0.4 is 4.74 Å². The van der Waals surface area contributed by atoms with Gasteiger partial charge in [-0.1, -0.05) is 31.4 Å². The van der Waals surface area contributed by atoms with Crippen LogP contribution in [-0.4, -0.2) is 25.1 Å². The standard InChI is InChI=1S/C16H19NO/c1-5-13(6-2)14-7-8-15-12(3)17(4)9-10-18-16(15)11-14/h5-8,11H,1,3,9-10H2,2,4H3/b13-6+. The Morgan fingerprint density at radius 2 is 2.22 bits per heavy atom. The van der Waals surface area contributed by atoms with Gasteiger partial charge < -0.3 is 9.64 Å². The van der Waals surface area contributed by atoms with Gasteiger partial charge in [-0.15, -0.1) is 0 Å². The molecule has 0 bridgehead atoms. The highest BCUT2D eigenvalue weighted by molar-refractivity contribution is 5.77. The average Bonchev–Trinajstić information content (AvgIpc) is 2.52. The van der Waals surface area contributed by atoms with Crippen LogP contribution in [0.4, 0.5) is 0 Å². The number of benzene rings is 1. The van der Waals surface area contributed by atoms with Crippen molar-refractivity contribution in [3.05, 3.63) is 54.6 Å². The highest BCUT2D eigenvalue weighted by Gasteiger charge is 2.16. The molecule has 0 saturated carbocycles. The molecule has 94 valence electrons. The first-order valence-electron chi connectivity index (χ1n) is 6.13. The second-order valence-corrected chi connectivity index (χ2v) is 4.38. The van der Waals surface area contributed by atoms with Crippen molar-refractivity contribution < 1.29 is 4.74 Å². The Labute approximate surface area is 109 Å². The Hall–Kier alpha value is -1.96. The van der Waals surface area contributed by atoms with E-state index in [4.69, 9.17) is 4.74 Å². The monoisotopic (exact) mass is 241 g/mol. The number of ether oxygens (including phenoxy) is 1. The van der Waals surface area contributed by atoms with Crippen LogP contribution in [0.1, 0.15) is 18.1 Å². The molecule has 1 aliphatic rings. The van der Waals surface area contributed by atoms with Gasteiger partial charge in [0.2, 0.25) is 0 Å². The first-order chi connectivity index (χ1) is 8.67. The average molecular weight is 241 g/mol. The van der Waals surface area contributed by atoms with Gasteiger partial charge in [-0.3, -0.25) is 0 Å². The summed E-state index contributed by atoms with van der Waals surface area (Å²) in [6.07, 6.45) is 3.91. The molecular formula is C16H19NO. The minimum atomic E-state index is 0.686. The van der Waals surface area contributed by atoms with Gasteiger partial charge in [0, 0.05) is 18.3 Å². The number of fused-ring (bicyclic) bond motifs is 1. The minimum absolute atomic E-state index is 0.686. The molecule has 1 aromatic carbocycles. The quantitative estimate of drug-likeness (QED) is 0.734. The third kappa shape index (κ3) is 2.19. The molecule has 0 N–H and O–H groups in total. The van der Waals surface area contributed by atoms with Crippen LogP contribution in [-0.2, 0) is 0 Å². The van der Waals surface area contributed by atoms with Crippen LogP contribution in [0.15, 0.2) is 43.5 Å². The molecule has 2 heteroatoms. The van der Waals surface area contributed by atoms with Gasteiger partial charge in [0.1, 0.15) is 12.4 Å². The second-order valence-electron chi connectivity index (χ2n) is 4.38. The van der Waals surface area contributed by atoms with E-state index >= 15 is 0 Å². The first-order valence-corrected chi connectivity index (χ1v) is 6.13. The third-order valence-corrected chi connectivity index (χ3v) is 3.30. The van der Waals surface area contributed by atoms with Gasteiger partial charge in [-0.25, -0.2) is 0 Å². The van der Waals surface area contributed by atoms with E-state index < -0.39 is 0 Å². The van der Waals surface area contributed by atoms with Gasteiger partial charge in [-0.05, 0) is 30.2 Å². The van der Waals surface area contributed by atoms with Gasteiger partial charge in [0.15, 0.2) is 0 Å². The van der Waals surface area contributed by atoms with E-state index in [-0.39, 0.29) is 0 Å². The van der Waals surface area contributed by atoms with Crippen LogP contribution >= 0.6 is 0 Å². The molecular weight excluding hydrogens is 222 g/mol. The van der Waals surface area contributed by atoms with Gasteiger partial charge in [0.25, 0.3) is 0 Å². The van der Waals surface area contributed by atoms with E-state index in [9.17, 15) is 0 Å². The van der Waals surface area contributed by atoms with E-state index in [1.165, 1.54) is 0 Å². The summed E-state index contributed by atoms with van der Waals surface area (Å²) in [6, 6.07) is 6.22. The minimum Gasteiger partial charge on any atom is -0.491 e. The Bertz CT molecular complexity index is 514. The first kappa shape index (κ1) is 12.5. The number of hydrogen-bond donors (Lipinski definition) is 0. The van der Waals surface area contributed by atoms with Crippen molar-refractivity contribution >= 4 is 11.3 Å². The lowest BCUT2D eigenvalue weighted by Crippen LogP contribution is -2.19. The topological polar surface area (TPSA) is 12.5 Å². The Kier molecular flexibility index (Phi) is 3.56. The number of nitrogens with zero attached hydrogens (tertiary/aromatic N) is 1. The molecule has 0 amide bonds. The van der Waals surface area contributed by atoms with Crippen molar-refractivity contribution in [3.8, 4) is 5.75 Å². The molecule has 0 radical (unpaired) electrons. The molecule has 0 aliphatic carbocycles. The molecule has 0 atom stereocenters. The maximum Gasteiger partial charge on any atom is 0.129 e. The van der Waals surface area contributed by atoms with E-state index in [1.54, 1.807) is 0 Å². The van der Waals surface area contributed by atoms with Crippen molar-refractivity contribution in [1.82, 2.24) is 4.90 Å². The Morgan fingerprint density at radius 3 is 2.89 bits per heavy atom. The molecule has 0 spiro atoms. The summed E-state index contributed by atoms with van der Waals surface area (Å²) < 4.78 is 5.81. The van der Waals surface area contributed by atoms with Gasteiger partial charge in [-0.2, -0.15) is 0 Å². The van der Waals surface area contributed by atoms with Crippen LogP contribution in [0.5, 0.6) is 5.75 Å². The van der Waals surface area contributed by atoms with Crippen LogP contribution in [0.25, 0.3) is 11.3 Å². The summed E-state index contributed by atoms with van der Waals surface area (Å²) >= 11 is 0. The van der Waals surface area contributed by atoms with Crippen molar-refractivity contribution in [3.63, 3.8) is 0 Å². The predicted molar refractivity (Wildman–Crippen MR) is 77.4 cm³/mol. The van der Waals surface area contributed by atoms with E-state index in [1.807, 2.05) is 26.1 Å². The van der Waals surface area contributed by atoms with Crippen LogP contribution in [0.3, 0.4) is 0 Å². The number of rotatable bonds is 2. The molecule has 0 fully saturated rings. The molecule has 1 aliphatic heterocycles. The van der Waals surface area contributed by atoms with Gasteiger partial charge in [0.05, 0.1) is 6.54 Å². The predicted octanol–water partition coefficient (Wildman–Crippen LogP) is 3.57. The largest absolute Gasteiger partial charge is 0.491 e. The zero-order valence-electron chi connectivity index (χ0n) is 11.1. The highest BCUT2D eigenvalue weighted by atomic mass is 16.5. The van der Waals surface area contributed by atoms with Crippen LogP contribution in [0, 0.1) is 0 Å². The molecule has 0 saturated heterocycles. The lowest BCUT2D eigenvalue weighted by Gasteiger charge is -2.18. The van der Waals surface area contributed by atoms with Crippen molar-refractivity contribution in [1.29, 1.82) is 0 Å². The smallest absolute Gasteiger partial charge is 0.129 e. The van der Waals surface area contributed by atoms with Crippen molar-refractivity contribution in [2.45, 2.75) is 6.92 Å². The summed E-state index contributed by atoms with van der Waals surface area (Å²) in [7, 11) is 2.04. The Balaban J connectivity index is 2.47. The fourth-order valence-electron chi connectivity index (χ4n) is 2.10. The summed E-state index contributed by atoms with van der Waals surface area (Å²) in [5.41, 5.74) is 4.32. The number of likely N-dealkylation sites (N-methyl/N-ethyl adjacent to an activating group) is 1. The lowest BCUT2D eigenvalue weighted by atomic mass is 10.0. The van der Waals surface area contributed by atoms with E-state index in [0.717, 1.165) is 34.7 Å². The highest BCUT2D eigenvalue weighted by Crippen LogP contribution is 2.32. The zero-order valence-corrected chi connectivity index (χ0v) is 11.1. The Morgan fingerprint density at radius 1 is 1.44 bits per heavy atom. The normalized spacial score (nSPS) is 15.8. The molecule has 0 unspecified atom stereocenters. The maximum absolute atomic E-state index is 5.81. The SMILES string of the molecule is C=C/C(=C\C)c1ccc2c(c1)OCCN(C)C2=C. The fourth-order valence-corrected chi connectivity index (χ4v) is 2.10. The van der Waals surface area contributed by atoms with E-state index in [0.29, 0.717) is 6.61 Å². The zero-order chi connectivity index (χ0) is 13.1. The summed E-state index contributed by atoms with van der Waals surface area (Å²) in [6.45, 7) is 11.5. The molecule has 0 aromatic heterocycles. The maximum atomic E-state index is 5.81. The summed E-state index contributed by atoms with van der Waals surface area (Å²) in [4.78, 5) is 2.12. The molecule has 2 rings (SSSR count). The third-order valence-electron chi connectivity index (χ3n) is 3.30. The fraction of sp³-hybridized carbons (Fsp3) is 0.250. The lowest BCUT2D eigenvalue weighted by molar-refractivity contribution is 0.291. The van der Waals surface area contributed by atoms with Crippen LogP contribution in [0.2, 0.25) is 0 Å².